The molecule has 0 bridgehead atoms. The van der Waals surface area contributed by atoms with E-state index < -0.39 is 0 Å². The lowest BCUT2D eigenvalue weighted by Crippen LogP contribution is -2.08. The van der Waals surface area contributed by atoms with Crippen molar-refractivity contribution in [3.63, 3.8) is 0 Å². The summed E-state index contributed by atoms with van der Waals surface area (Å²) in [6.45, 7) is 0.537. The fourth-order valence-electron chi connectivity index (χ4n) is 1.54. The van der Waals surface area contributed by atoms with Crippen LogP contribution in [0.3, 0.4) is 0 Å². The van der Waals surface area contributed by atoms with Crippen molar-refractivity contribution in [1.29, 1.82) is 5.26 Å². The normalized spacial score (nSPS) is 10.6. The topological polar surface area (TPSA) is 70.1 Å². The maximum atomic E-state index is 9.01. The summed E-state index contributed by atoms with van der Waals surface area (Å²) >= 11 is 0. The SMILES string of the molecule is CN(C)/C=N/c1c(C#N)nnn1Cc1ccccc1. The molecule has 0 saturated heterocycles. The zero-order valence-corrected chi connectivity index (χ0v) is 10.9. The standard InChI is InChI=1S/C13H14N6/c1-18(2)10-15-13-12(8-14)16-17-19(13)9-11-6-4-3-5-7-11/h3-7,10H,9H2,1-2H3/b15-10+. The molecule has 0 N–H and O–H groups in total. The lowest BCUT2D eigenvalue weighted by Gasteiger charge is -2.05. The number of nitriles is 1. The van der Waals surface area contributed by atoms with E-state index in [4.69, 9.17) is 5.26 Å². The molecule has 6 nitrogen and oxygen atoms in total. The Labute approximate surface area is 111 Å². The summed E-state index contributed by atoms with van der Waals surface area (Å²) in [6.07, 6.45) is 1.63. The Bertz CT molecular complexity index is 606. The van der Waals surface area contributed by atoms with Gasteiger partial charge in [0.1, 0.15) is 6.07 Å². The molecule has 0 radical (unpaired) electrons. The van der Waals surface area contributed by atoms with Crippen molar-refractivity contribution in [2.75, 3.05) is 14.1 Å². The first kappa shape index (κ1) is 12.8. The number of nitrogens with zero attached hydrogens (tertiary/aromatic N) is 6. The Morgan fingerprint density at radius 3 is 2.74 bits per heavy atom. The second-order valence-corrected chi connectivity index (χ2v) is 4.22. The van der Waals surface area contributed by atoms with E-state index in [2.05, 4.69) is 15.3 Å². The van der Waals surface area contributed by atoms with Crippen LogP contribution in [0.4, 0.5) is 5.82 Å². The van der Waals surface area contributed by atoms with Gasteiger partial charge >= 0.3 is 0 Å². The second-order valence-electron chi connectivity index (χ2n) is 4.22. The predicted molar refractivity (Wildman–Crippen MR) is 72.1 cm³/mol. The van der Waals surface area contributed by atoms with Gasteiger partial charge in [-0.25, -0.2) is 9.67 Å². The van der Waals surface area contributed by atoms with E-state index in [-0.39, 0.29) is 5.69 Å². The van der Waals surface area contributed by atoms with Crippen LogP contribution in [-0.4, -0.2) is 40.3 Å². The Morgan fingerprint density at radius 2 is 2.11 bits per heavy atom. The fourth-order valence-corrected chi connectivity index (χ4v) is 1.54. The first-order valence-corrected chi connectivity index (χ1v) is 5.79. The quantitative estimate of drug-likeness (QED) is 0.611. The van der Waals surface area contributed by atoms with Gasteiger partial charge in [-0.3, -0.25) is 0 Å². The van der Waals surface area contributed by atoms with Crippen LogP contribution in [0.5, 0.6) is 0 Å². The highest BCUT2D eigenvalue weighted by molar-refractivity contribution is 5.61. The average Bonchev–Trinajstić information content (AvgIpc) is 2.79. The zero-order chi connectivity index (χ0) is 13.7. The van der Waals surface area contributed by atoms with Gasteiger partial charge in [0.05, 0.1) is 12.9 Å². The molecule has 0 amide bonds. The maximum absolute atomic E-state index is 9.01. The highest BCUT2D eigenvalue weighted by Gasteiger charge is 2.11. The van der Waals surface area contributed by atoms with E-state index in [9.17, 15) is 0 Å². The molecule has 0 fully saturated rings. The minimum Gasteiger partial charge on any atom is -0.369 e. The van der Waals surface area contributed by atoms with E-state index in [0.717, 1.165) is 5.56 Å². The van der Waals surface area contributed by atoms with Crippen LogP contribution in [0.15, 0.2) is 35.3 Å². The van der Waals surface area contributed by atoms with Crippen LogP contribution in [-0.2, 0) is 6.54 Å². The van der Waals surface area contributed by atoms with Gasteiger partial charge in [0.15, 0.2) is 5.82 Å². The van der Waals surface area contributed by atoms with Crippen molar-refractivity contribution in [3.8, 4) is 6.07 Å². The van der Waals surface area contributed by atoms with Crippen LogP contribution in [0.25, 0.3) is 0 Å². The van der Waals surface area contributed by atoms with Gasteiger partial charge in [-0.15, -0.1) is 5.10 Å². The van der Waals surface area contributed by atoms with Gasteiger partial charge in [-0.05, 0) is 5.56 Å². The summed E-state index contributed by atoms with van der Waals surface area (Å²) in [5, 5.41) is 16.8. The summed E-state index contributed by atoms with van der Waals surface area (Å²) in [4.78, 5) is 6.04. The first-order valence-electron chi connectivity index (χ1n) is 5.79. The molecular weight excluding hydrogens is 240 g/mol. The number of hydrogen-bond acceptors (Lipinski definition) is 4. The predicted octanol–water partition coefficient (Wildman–Crippen LogP) is 1.42. The lowest BCUT2D eigenvalue weighted by atomic mass is 10.2. The molecule has 0 aliphatic rings. The van der Waals surface area contributed by atoms with Gasteiger partial charge in [0.25, 0.3) is 0 Å². The van der Waals surface area contributed by atoms with Gasteiger partial charge in [0.2, 0.25) is 5.69 Å². The molecule has 96 valence electrons. The molecular formula is C13H14N6. The zero-order valence-electron chi connectivity index (χ0n) is 10.9. The number of aliphatic imine (C=N–C) groups is 1. The van der Waals surface area contributed by atoms with Crippen LogP contribution < -0.4 is 0 Å². The molecule has 1 heterocycles. The molecule has 0 aliphatic heterocycles. The number of benzene rings is 1. The van der Waals surface area contributed by atoms with Crippen LogP contribution in [0.1, 0.15) is 11.3 Å². The Morgan fingerprint density at radius 1 is 1.37 bits per heavy atom. The van der Waals surface area contributed by atoms with Crippen molar-refractivity contribution < 1.29 is 0 Å². The van der Waals surface area contributed by atoms with E-state index in [1.807, 2.05) is 50.5 Å². The van der Waals surface area contributed by atoms with Gasteiger partial charge in [-0.1, -0.05) is 35.5 Å². The van der Waals surface area contributed by atoms with Gasteiger partial charge in [-0.2, -0.15) is 5.26 Å². The Kier molecular flexibility index (Phi) is 3.88. The molecule has 1 aromatic carbocycles. The first-order chi connectivity index (χ1) is 9.20. The van der Waals surface area contributed by atoms with Gasteiger partial charge in [0, 0.05) is 14.1 Å². The number of rotatable bonds is 4. The van der Waals surface area contributed by atoms with E-state index in [0.29, 0.717) is 12.4 Å². The molecule has 2 rings (SSSR count). The molecule has 1 aromatic heterocycles. The van der Waals surface area contributed by atoms with Crippen LogP contribution in [0, 0.1) is 11.3 Å². The summed E-state index contributed by atoms with van der Waals surface area (Å²) in [5.41, 5.74) is 1.31. The molecule has 2 aromatic rings. The van der Waals surface area contributed by atoms with Crippen molar-refractivity contribution in [2.45, 2.75) is 6.54 Å². The minimum atomic E-state index is 0.231. The Hall–Kier alpha value is -2.68. The van der Waals surface area contributed by atoms with E-state index >= 15 is 0 Å². The summed E-state index contributed by atoms with van der Waals surface area (Å²) in [5.74, 6) is 0.472. The van der Waals surface area contributed by atoms with E-state index in [1.54, 1.807) is 15.9 Å². The smallest absolute Gasteiger partial charge is 0.209 e. The van der Waals surface area contributed by atoms with Gasteiger partial charge < -0.3 is 4.90 Å². The molecule has 0 aliphatic carbocycles. The monoisotopic (exact) mass is 254 g/mol. The molecule has 6 heteroatoms. The Balaban J connectivity index is 2.31. The molecule has 0 unspecified atom stereocenters. The van der Waals surface area contributed by atoms with E-state index in [1.165, 1.54) is 0 Å². The fraction of sp³-hybridized carbons (Fsp3) is 0.231. The van der Waals surface area contributed by atoms with Crippen molar-refractivity contribution in [3.05, 3.63) is 41.6 Å². The average molecular weight is 254 g/mol. The third kappa shape index (κ3) is 3.16. The summed E-state index contributed by atoms with van der Waals surface area (Å²) in [6, 6.07) is 11.9. The highest BCUT2D eigenvalue weighted by Crippen LogP contribution is 2.16. The molecule has 0 atom stereocenters. The maximum Gasteiger partial charge on any atom is 0.209 e. The molecule has 0 saturated carbocycles. The third-order valence-corrected chi connectivity index (χ3v) is 2.40. The molecule has 0 spiro atoms. The number of aromatic nitrogens is 3. The molecule has 19 heavy (non-hydrogen) atoms. The van der Waals surface area contributed by atoms with Crippen molar-refractivity contribution in [2.24, 2.45) is 4.99 Å². The van der Waals surface area contributed by atoms with Crippen LogP contribution >= 0.6 is 0 Å². The summed E-state index contributed by atoms with van der Waals surface area (Å²) < 4.78 is 1.62. The van der Waals surface area contributed by atoms with Crippen molar-refractivity contribution in [1.82, 2.24) is 19.9 Å². The van der Waals surface area contributed by atoms with Crippen LogP contribution in [0.2, 0.25) is 0 Å². The summed E-state index contributed by atoms with van der Waals surface area (Å²) in [7, 11) is 3.72. The number of hydrogen-bond donors (Lipinski definition) is 0. The highest BCUT2D eigenvalue weighted by atomic mass is 15.5. The third-order valence-electron chi connectivity index (χ3n) is 2.40. The lowest BCUT2D eigenvalue weighted by molar-refractivity contribution is 0.634. The largest absolute Gasteiger partial charge is 0.369 e. The minimum absolute atomic E-state index is 0.231. The van der Waals surface area contributed by atoms with Crippen molar-refractivity contribution >= 4 is 12.2 Å². The second kappa shape index (κ2) is 5.78.